The summed E-state index contributed by atoms with van der Waals surface area (Å²) in [5, 5.41) is 3.70. The minimum Gasteiger partial charge on any atom is -0.379 e. The summed E-state index contributed by atoms with van der Waals surface area (Å²) in [4.78, 5) is 14.2. The van der Waals surface area contributed by atoms with Gasteiger partial charge in [0.1, 0.15) is 0 Å². The number of hydrogen-bond donors (Lipinski definition) is 2. The zero-order chi connectivity index (χ0) is 15.9. The van der Waals surface area contributed by atoms with Crippen molar-refractivity contribution >= 4 is 17.5 Å². The Morgan fingerprint density at radius 2 is 2.09 bits per heavy atom. The fourth-order valence-electron chi connectivity index (χ4n) is 2.65. The van der Waals surface area contributed by atoms with Crippen molar-refractivity contribution in [2.24, 2.45) is 5.73 Å². The third kappa shape index (κ3) is 4.95. The first-order valence-corrected chi connectivity index (χ1v) is 8.04. The first-order valence-electron chi connectivity index (χ1n) is 7.66. The predicted molar refractivity (Wildman–Crippen MR) is 87.9 cm³/mol. The Balaban J connectivity index is 2.08. The van der Waals surface area contributed by atoms with E-state index in [9.17, 15) is 4.79 Å². The second-order valence-corrected chi connectivity index (χ2v) is 6.08. The molecule has 6 heteroatoms. The van der Waals surface area contributed by atoms with Crippen molar-refractivity contribution in [1.29, 1.82) is 0 Å². The maximum atomic E-state index is 11.9. The largest absolute Gasteiger partial charge is 0.379 e. The number of halogens is 1. The molecule has 0 saturated carbocycles. The van der Waals surface area contributed by atoms with Gasteiger partial charge in [0.05, 0.1) is 19.3 Å². The molecule has 22 heavy (non-hydrogen) atoms. The van der Waals surface area contributed by atoms with Gasteiger partial charge >= 0.3 is 0 Å². The Hall–Kier alpha value is -1.14. The van der Waals surface area contributed by atoms with Crippen LogP contribution in [-0.4, -0.2) is 49.7 Å². The van der Waals surface area contributed by atoms with Gasteiger partial charge in [-0.15, -0.1) is 0 Å². The summed E-state index contributed by atoms with van der Waals surface area (Å²) in [6, 6.07) is 7.70. The number of carbonyl (C=O) groups is 1. The molecular formula is C16H24ClN3O2. The summed E-state index contributed by atoms with van der Waals surface area (Å²) in [6.07, 6.45) is 0.332. The van der Waals surface area contributed by atoms with Gasteiger partial charge in [-0.25, -0.2) is 0 Å². The predicted octanol–water partition coefficient (Wildman–Crippen LogP) is 1.57. The molecule has 2 unspecified atom stereocenters. The van der Waals surface area contributed by atoms with Crippen LogP contribution in [0.25, 0.3) is 0 Å². The number of carbonyl (C=O) groups excluding carboxylic acids is 1. The Morgan fingerprint density at radius 3 is 2.73 bits per heavy atom. The van der Waals surface area contributed by atoms with E-state index < -0.39 is 0 Å². The molecular weight excluding hydrogens is 302 g/mol. The lowest BCUT2D eigenvalue weighted by molar-refractivity contribution is -0.121. The normalized spacial score (nSPS) is 18.7. The van der Waals surface area contributed by atoms with Crippen LogP contribution in [0.3, 0.4) is 0 Å². The van der Waals surface area contributed by atoms with E-state index in [-0.39, 0.29) is 18.0 Å². The number of morpholine rings is 1. The van der Waals surface area contributed by atoms with E-state index >= 15 is 0 Å². The van der Waals surface area contributed by atoms with E-state index in [1.54, 1.807) is 0 Å². The summed E-state index contributed by atoms with van der Waals surface area (Å²) in [5.74, 6) is -0.0275. The molecule has 1 aliphatic heterocycles. The molecule has 2 atom stereocenters. The fourth-order valence-corrected chi connectivity index (χ4v) is 2.91. The molecule has 3 N–H and O–H groups in total. The van der Waals surface area contributed by atoms with Crippen LogP contribution in [0.15, 0.2) is 24.3 Å². The summed E-state index contributed by atoms with van der Waals surface area (Å²) >= 11 is 6.35. The lowest BCUT2D eigenvalue weighted by atomic mass is 10.0. The smallest absolute Gasteiger partial charge is 0.221 e. The minimum absolute atomic E-state index is 0.0275. The average Bonchev–Trinajstić information content (AvgIpc) is 2.49. The Bertz CT molecular complexity index is 490. The van der Waals surface area contributed by atoms with E-state index in [4.69, 9.17) is 22.1 Å². The molecule has 0 bridgehead atoms. The number of benzene rings is 1. The quantitative estimate of drug-likeness (QED) is 0.833. The lowest BCUT2D eigenvalue weighted by Crippen LogP contribution is -2.44. The fraction of sp³-hybridized carbons (Fsp3) is 0.562. The number of amides is 1. The highest BCUT2D eigenvalue weighted by molar-refractivity contribution is 6.31. The Morgan fingerprint density at radius 1 is 1.41 bits per heavy atom. The Kier molecular flexibility index (Phi) is 6.64. The van der Waals surface area contributed by atoms with Crippen molar-refractivity contribution in [3.8, 4) is 0 Å². The monoisotopic (exact) mass is 325 g/mol. The number of nitrogens with one attached hydrogen (secondary N) is 1. The molecule has 1 saturated heterocycles. The SMILES string of the molecule is CC(N)CC(=O)NCC(c1ccccc1Cl)N1CCOCC1. The molecule has 1 aromatic rings. The van der Waals surface area contributed by atoms with Crippen LogP contribution in [0.4, 0.5) is 0 Å². The second kappa shape index (κ2) is 8.48. The average molecular weight is 326 g/mol. The molecule has 1 aliphatic rings. The van der Waals surface area contributed by atoms with Gasteiger partial charge in [-0.2, -0.15) is 0 Å². The highest BCUT2D eigenvalue weighted by Crippen LogP contribution is 2.27. The van der Waals surface area contributed by atoms with Gasteiger partial charge in [0.2, 0.25) is 5.91 Å². The van der Waals surface area contributed by atoms with Gasteiger partial charge in [-0.1, -0.05) is 29.8 Å². The van der Waals surface area contributed by atoms with Crippen molar-refractivity contribution in [3.63, 3.8) is 0 Å². The highest BCUT2D eigenvalue weighted by Gasteiger charge is 2.24. The van der Waals surface area contributed by atoms with Gasteiger partial charge in [0.25, 0.3) is 0 Å². The number of rotatable bonds is 6. The molecule has 1 heterocycles. The first-order chi connectivity index (χ1) is 10.6. The summed E-state index contributed by atoms with van der Waals surface area (Å²) in [5.41, 5.74) is 6.70. The Labute approximate surface area is 136 Å². The molecule has 5 nitrogen and oxygen atoms in total. The number of nitrogens with zero attached hydrogens (tertiary/aromatic N) is 1. The number of nitrogens with two attached hydrogens (primary N) is 1. The van der Waals surface area contributed by atoms with Crippen LogP contribution in [0.2, 0.25) is 5.02 Å². The van der Waals surface area contributed by atoms with Crippen LogP contribution < -0.4 is 11.1 Å². The maximum Gasteiger partial charge on any atom is 0.221 e. The minimum atomic E-state index is -0.137. The van der Waals surface area contributed by atoms with E-state index in [1.807, 2.05) is 31.2 Å². The standard InChI is InChI=1S/C16H24ClN3O2/c1-12(18)10-16(21)19-11-15(20-6-8-22-9-7-20)13-4-2-3-5-14(13)17/h2-5,12,15H,6-11,18H2,1H3,(H,19,21). The highest BCUT2D eigenvalue weighted by atomic mass is 35.5. The van der Waals surface area contributed by atoms with Gasteiger partial charge in [-0.3, -0.25) is 9.69 Å². The van der Waals surface area contributed by atoms with Crippen molar-refractivity contribution in [3.05, 3.63) is 34.9 Å². The summed E-state index contributed by atoms with van der Waals surface area (Å²) in [7, 11) is 0. The molecule has 1 aromatic carbocycles. The van der Waals surface area contributed by atoms with Gasteiger partial charge < -0.3 is 15.8 Å². The molecule has 122 valence electrons. The van der Waals surface area contributed by atoms with Crippen LogP contribution in [-0.2, 0) is 9.53 Å². The molecule has 0 aromatic heterocycles. The maximum absolute atomic E-state index is 11.9. The van der Waals surface area contributed by atoms with Crippen molar-refractivity contribution in [2.75, 3.05) is 32.8 Å². The van der Waals surface area contributed by atoms with Crippen molar-refractivity contribution < 1.29 is 9.53 Å². The molecule has 0 spiro atoms. The molecule has 0 aliphatic carbocycles. The van der Waals surface area contributed by atoms with E-state index in [2.05, 4.69) is 10.2 Å². The van der Waals surface area contributed by atoms with Crippen LogP contribution in [0.1, 0.15) is 24.9 Å². The first kappa shape index (κ1) is 17.2. The van der Waals surface area contributed by atoms with E-state index in [0.29, 0.717) is 26.2 Å². The molecule has 1 fully saturated rings. The van der Waals surface area contributed by atoms with E-state index in [0.717, 1.165) is 23.7 Å². The van der Waals surface area contributed by atoms with Crippen LogP contribution in [0, 0.1) is 0 Å². The topological polar surface area (TPSA) is 67.6 Å². The number of ether oxygens (including phenoxy) is 1. The van der Waals surface area contributed by atoms with Gasteiger partial charge in [0, 0.05) is 37.1 Å². The van der Waals surface area contributed by atoms with Crippen LogP contribution >= 0.6 is 11.6 Å². The van der Waals surface area contributed by atoms with Gasteiger partial charge in [0.15, 0.2) is 0 Å². The zero-order valence-electron chi connectivity index (χ0n) is 12.9. The molecule has 2 rings (SSSR count). The summed E-state index contributed by atoms with van der Waals surface area (Å²) in [6.45, 7) is 5.42. The van der Waals surface area contributed by atoms with E-state index in [1.165, 1.54) is 0 Å². The molecule has 0 radical (unpaired) electrons. The number of hydrogen-bond acceptors (Lipinski definition) is 4. The zero-order valence-corrected chi connectivity index (χ0v) is 13.7. The van der Waals surface area contributed by atoms with Crippen LogP contribution in [0.5, 0.6) is 0 Å². The van der Waals surface area contributed by atoms with Gasteiger partial charge in [-0.05, 0) is 18.6 Å². The van der Waals surface area contributed by atoms with Crippen molar-refractivity contribution in [1.82, 2.24) is 10.2 Å². The van der Waals surface area contributed by atoms with Crippen molar-refractivity contribution in [2.45, 2.75) is 25.4 Å². The second-order valence-electron chi connectivity index (χ2n) is 5.67. The molecule has 1 amide bonds. The summed E-state index contributed by atoms with van der Waals surface area (Å²) < 4.78 is 5.42. The lowest BCUT2D eigenvalue weighted by Gasteiger charge is -2.35. The third-order valence-corrected chi connectivity index (χ3v) is 4.09. The third-order valence-electron chi connectivity index (χ3n) is 3.75.